The molecule has 1 saturated heterocycles. The zero-order valence-corrected chi connectivity index (χ0v) is 17.9. The van der Waals surface area contributed by atoms with Crippen LogP contribution in [0.15, 0.2) is 40.9 Å². The average molecular weight is 426 g/mol. The van der Waals surface area contributed by atoms with Gasteiger partial charge in [0.2, 0.25) is 5.91 Å². The van der Waals surface area contributed by atoms with Gasteiger partial charge in [0.1, 0.15) is 11.6 Å². The molecule has 0 N–H and O–H groups in total. The van der Waals surface area contributed by atoms with Crippen molar-refractivity contribution < 1.29 is 9.21 Å². The molecule has 0 saturated carbocycles. The van der Waals surface area contributed by atoms with Crippen LogP contribution in [0.1, 0.15) is 23.8 Å². The summed E-state index contributed by atoms with van der Waals surface area (Å²) in [5, 5.41) is 0.675. The summed E-state index contributed by atoms with van der Waals surface area (Å²) in [5.74, 6) is 3.07. The van der Waals surface area contributed by atoms with Crippen molar-refractivity contribution in [2.75, 3.05) is 31.1 Å². The summed E-state index contributed by atoms with van der Waals surface area (Å²) in [5.41, 5.74) is 1.87. The molecule has 0 unspecified atom stereocenters. The van der Waals surface area contributed by atoms with Gasteiger partial charge < -0.3 is 14.2 Å². The first-order valence-electron chi connectivity index (χ1n) is 10.0. The SMILES string of the molecule is Cc1cc(N2CCN(C(=O)CCc3ncc(-c4ccc(Cl)cc4)o3)CC2)nc(C)n1. The van der Waals surface area contributed by atoms with Gasteiger partial charge in [-0.05, 0) is 38.1 Å². The second kappa shape index (κ2) is 8.83. The summed E-state index contributed by atoms with van der Waals surface area (Å²) in [6.07, 6.45) is 2.55. The predicted octanol–water partition coefficient (Wildman–Crippen LogP) is 3.68. The van der Waals surface area contributed by atoms with Crippen molar-refractivity contribution in [3.8, 4) is 11.3 Å². The van der Waals surface area contributed by atoms with Crippen molar-refractivity contribution in [1.82, 2.24) is 19.9 Å². The maximum absolute atomic E-state index is 12.6. The Bertz CT molecular complexity index is 1010. The van der Waals surface area contributed by atoms with Gasteiger partial charge >= 0.3 is 0 Å². The number of carbonyl (C=O) groups excluding carboxylic acids is 1. The van der Waals surface area contributed by atoms with Crippen LogP contribution >= 0.6 is 11.6 Å². The summed E-state index contributed by atoms with van der Waals surface area (Å²) < 4.78 is 5.80. The highest BCUT2D eigenvalue weighted by Crippen LogP contribution is 2.23. The Morgan fingerprint density at radius 2 is 1.83 bits per heavy atom. The number of nitrogens with zero attached hydrogens (tertiary/aromatic N) is 5. The monoisotopic (exact) mass is 425 g/mol. The molecule has 1 aliphatic rings. The first kappa shape index (κ1) is 20.3. The van der Waals surface area contributed by atoms with E-state index in [1.165, 1.54) is 0 Å². The molecule has 30 heavy (non-hydrogen) atoms. The summed E-state index contributed by atoms with van der Waals surface area (Å²) >= 11 is 5.92. The Balaban J connectivity index is 1.29. The van der Waals surface area contributed by atoms with E-state index in [1.807, 2.05) is 49.1 Å². The molecule has 2 aromatic heterocycles. The molecule has 1 amide bonds. The number of halogens is 1. The van der Waals surface area contributed by atoms with Crippen LogP contribution < -0.4 is 4.90 Å². The van der Waals surface area contributed by atoms with E-state index in [9.17, 15) is 4.79 Å². The molecular formula is C22H24ClN5O2. The van der Waals surface area contributed by atoms with Gasteiger partial charge in [-0.3, -0.25) is 4.79 Å². The zero-order chi connectivity index (χ0) is 21.1. The van der Waals surface area contributed by atoms with Crippen LogP contribution in [0, 0.1) is 13.8 Å². The first-order chi connectivity index (χ1) is 14.5. The fraction of sp³-hybridized carbons (Fsp3) is 0.364. The Hall–Kier alpha value is -2.93. The molecule has 0 aliphatic carbocycles. The van der Waals surface area contributed by atoms with Crippen molar-refractivity contribution in [1.29, 1.82) is 0 Å². The van der Waals surface area contributed by atoms with E-state index in [0.29, 0.717) is 42.6 Å². The van der Waals surface area contributed by atoms with Crippen LogP contribution in [0.5, 0.6) is 0 Å². The molecular weight excluding hydrogens is 402 g/mol. The summed E-state index contributed by atoms with van der Waals surface area (Å²) in [6, 6.07) is 9.39. The van der Waals surface area contributed by atoms with Crippen molar-refractivity contribution in [2.24, 2.45) is 0 Å². The molecule has 0 spiro atoms. The summed E-state index contributed by atoms with van der Waals surface area (Å²) in [6.45, 7) is 6.77. The highest BCUT2D eigenvalue weighted by atomic mass is 35.5. The fourth-order valence-corrected chi connectivity index (χ4v) is 3.72. The number of hydrogen-bond donors (Lipinski definition) is 0. The van der Waals surface area contributed by atoms with Gasteiger partial charge in [0.15, 0.2) is 11.7 Å². The lowest BCUT2D eigenvalue weighted by Gasteiger charge is -2.35. The summed E-state index contributed by atoms with van der Waals surface area (Å²) in [7, 11) is 0. The Morgan fingerprint density at radius 3 is 2.53 bits per heavy atom. The molecule has 3 aromatic rings. The number of benzene rings is 1. The van der Waals surface area contributed by atoms with Crippen molar-refractivity contribution in [3.63, 3.8) is 0 Å². The van der Waals surface area contributed by atoms with E-state index in [4.69, 9.17) is 16.0 Å². The van der Waals surface area contributed by atoms with Crippen LogP contribution in [0.3, 0.4) is 0 Å². The summed E-state index contributed by atoms with van der Waals surface area (Å²) in [4.78, 5) is 29.9. The van der Waals surface area contributed by atoms with Crippen molar-refractivity contribution in [3.05, 3.63) is 59.0 Å². The Morgan fingerprint density at radius 1 is 1.10 bits per heavy atom. The number of amides is 1. The molecule has 1 fully saturated rings. The zero-order valence-electron chi connectivity index (χ0n) is 17.1. The topological polar surface area (TPSA) is 75.4 Å². The molecule has 0 bridgehead atoms. The first-order valence-corrected chi connectivity index (χ1v) is 10.4. The number of carbonyl (C=O) groups is 1. The van der Waals surface area contributed by atoms with E-state index < -0.39 is 0 Å². The minimum Gasteiger partial charge on any atom is -0.441 e. The number of piperazine rings is 1. The highest BCUT2D eigenvalue weighted by Gasteiger charge is 2.22. The van der Waals surface area contributed by atoms with E-state index in [1.54, 1.807) is 6.20 Å². The lowest BCUT2D eigenvalue weighted by molar-refractivity contribution is -0.131. The predicted molar refractivity (Wildman–Crippen MR) is 116 cm³/mol. The maximum Gasteiger partial charge on any atom is 0.223 e. The molecule has 0 radical (unpaired) electrons. The Kier molecular flexibility index (Phi) is 5.99. The number of hydrogen-bond acceptors (Lipinski definition) is 6. The molecule has 8 heteroatoms. The van der Waals surface area contributed by atoms with Gasteiger partial charge in [0.05, 0.1) is 6.20 Å². The second-order valence-electron chi connectivity index (χ2n) is 7.41. The molecule has 7 nitrogen and oxygen atoms in total. The van der Waals surface area contributed by atoms with Gasteiger partial charge in [-0.1, -0.05) is 11.6 Å². The van der Waals surface area contributed by atoms with E-state index in [2.05, 4.69) is 19.9 Å². The number of oxazole rings is 1. The van der Waals surface area contributed by atoms with Gasteiger partial charge in [-0.2, -0.15) is 0 Å². The third kappa shape index (κ3) is 4.79. The molecule has 1 aliphatic heterocycles. The number of anilines is 1. The fourth-order valence-electron chi connectivity index (χ4n) is 3.59. The molecule has 3 heterocycles. The van der Waals surface area contributed by atoms with Gasteiger partial charge in [0.25, 0.3) is 0 Å². The van der Waals surface area contributed by atoms with Gasteiger partial charge in [-0.25, -0.2) is 15.0 Å². The molecule has 1 aromatic carbocycles. The number of rotatable bonds is 5. The van der Waals surface area contributed by atoms with Crippen molar-refractivity contribution in [2.45, 2.75) is 26.7 Å². The third-order valence-electron chi connectivity index (χ3n) is 5.14. The smallest absolute Gasteiger partial charge is 0.223 e. The molecule has 156 valence electrons. The quantitative estimate of drug-likeness (QED) is 0.620. The minimum absolute atomic E-state index is 0.121. The van der Waals surface area contributed by atoms with Crippen LogP contribution in [-0.2, 0) is 11.2 Å². The van der Waals surface area contributed by atoms with E-state index in [0.717, 1.165) is 36.0 Å². The van der Waals surface area contributed by atoms with Crippen LogP contribution in [0.25, 0.3) is 11.3 Å². The second-order valence-corrected chi connectivity index (χ2v) is 7.84. The van der Waals surface area contributed by atoms with Crippen LogP contribution in [0.4, 0.5) is 5.82 Å². The van der Waals surface area contributed by atoms with Crippen LogP contribution in [-0.4, -0.2) is 51.9 Å². The number of aromatic nitrogens is 3. The lowest BCUT2D eigenvalue weighted by atomic mass is 10.2. The van der Waals surface area contributed by atoms with Gasteiger partial charge in [0, 0.05) is 61.4 Å². The standard InChI is InChI=1S/C22H24ClN5O2/c1-15-13-20(26-16(2)25-15)27-9-11-28(12-10-27)22(29)8-7-21-24-14-19(30-21)17-3-5-18(23)6-4-17/h3-6,13-14H,7-12H2,1-2H3. The third-order valence-corrected chi connectivity index (χ3v) is 5.40. The number of aryl methyl sites for hydroxylation is 3. The molecule has 0 atom stereocenters. The average Bonchev–Trinajstić information content (AvgIpc) is 3.21. The molecule has 4 rings (SSSR count). The van der Waals surface area contributed by atoms with E-state index in [-0.39, 0.29) is 5.91 Å². The van der Waals surface area contributed by atoms with Gasteiger partial charge in [-0.15, -0.1) is 0 Å². The Labute approximate surface area is 180 Å². The van der Waals surface area contributed by atoms with Crippen molar-refractivity contribution >= 4 is 23.3 Å². The normalized spacial score (nSPS) is 14.2. The highest BCUT2D eigenvalue weighted by molar-refractivity contribution is 6.30. The van der Waals surface area contributed by atoms with E-state index >= 15 is 0 Å². The lowest BCUT2D eigenvalue weighted by Crippen LogP contribution is -2.49. The van der Waals surface area contributed by atoms with Crippen LogP contribution in [0.2, 0.25) is 5.02 Å². The maximum atomic E-state index is 12.6. The largest absolute Gasteiger partial charge is 0.441 e. The minimum atomic E-state index is 0.121.